The largest absolute Gasteiger partial charge is 0.308 e. The zero-order valence-electron chi connectivity index (χ0n) is 10.9. The predicted molar refractivity (Wildman–Crippen MR) is 72.7 cm³/mol. The summed E-state index contributed by atoms with van der Waals surface area (Å²) >= 11 is 0. The van der Waals surface area contributed by atoms with Crippen molar-refractivity contribution in [3.05, 3.63) is 29.8 Å². The van der Waals surface area contributed by atoms with Crippen LogP contribution in [0.3, 0.4) is 0 Å². The molecule has 1 N–H and O–H groups in total. The van der Waals surface area contributed by atoms with Gasteiger partial charge in [0.1, 0.15) is 0 Å². The average Bonchev–Trinajstić information content (AvgIpc) is 2.75. The molecule has 2 aliphatic rings. The van der Waals surface area contributed by atoms with Gasteiger partial charge in [-0.25, -0.2) is 0 Å². The van der Waals surface area contributed by atoms with Gasteiger partial charge in [0, 0.05) is 11.7 Å². The van der Waals surface area contributed by atoms with E-state index in [1.165, 1.54) is 12.0 Å². The number of amides is 1. The first-order valence-corrected chi connectivity index (χ1v) is 6.92. The van der Waals surface area contributed by atoms with E-state index < -0.39 is 0 Å². The molecule has 0 saturated carbocycles. The maximum Gasteiger partial charge on any atom is 0.244 e. The predicted octanol–water partition coefficient (Wildman–Crippen LogP) is 2.11. The molecule has 3 rings (SSSR count). The molecule has 2 aliphatic heterocycles. The molecule has 0 bridgehead atoms. The molecule has 2 heterocycles. The number of anilines is 1. The first-order valence-electron chi connectivity index (χ1n) is 6.92. The van der Waals surface area contributed by atoms with Crippen molar-refractivity contribution in [1.29, 1.82) is 0 Å². The van der Waals surface area contributed by atoms with Gasteiger partial charge in [0.25, 0.3) is 0 Å². The molecule has 1 fully saturated rings. The van der Waals surface area contributed by atoms with Crippen LogP contribution >= 0.6 is 0 Å². The van der Waals surface area contributed by atoms with Crippen molar-refractivity contribution < 1.29 is 4.79 Å². The fraction of sp³-hybridized carbons (Fsp3) is 0.533. The summed E-state index contributed by atoms with van der Waals surface area (Å²) in [5, 5.41) is 3.36. The zero-order valence-corrected chi connectivity index (χ0v) is 10.9. The van der Waals surface area contributed by atoms with E-state index in [0.717, 1.165) is 31.5 Å². The Labute approximate surface area is 108 Å². The lowest BCUT2D eigenvalue weighted by atomic mass is 10.0. The van der Waals surface area contributed by atoms with Crippen LogP contribution in [-0.2, 0) is 11.2 Å². The minimum atomic E-state index is 0.0207. The van der Waals surface area contributed by atoms with Gasteiger partial charge in [-0.1, -0.05) is 24.6 Å². The van der Waals surface area contributed by atoms with Crippen molar-refractivity contribution in [2.45, 2.75) is 44.7 Å². The lowest BCUT2D eigenvalue weighted by Crippen LogP contribution is -2.50. The van der Waals surface area contributed by atoms with Crippen molar-refractivity contribution in [2.24, 2.45) is 0 Å². The van der Waals surface area contributed by atoms with Gasteiger partial charge in [-0.05, 0) is 44.4 Å². The summed E-state index contributed by atoms with van der Waals surface area (Å²) in [5.74, 6) is 0.257. The Balaban J connectivity index is 1.85. The van der Waals surface area contributed by atoms with E-state index >= 15 is 0 Å². The second-order valence-corrected chi connectivity index (χ2v) is 5.39. The molecular formula is C15H20N2O. The van der Waals surface area contributed by atoms with Gasteiger partial charge >= 0.3 is 0 Å². The quantitative estimate of drug-likeness (QED) is 0.820. The highest BCUT2D eigenvalue weighted by Crippen LogP contribution is 2.32. The number of nitrogens with zero attached hydrogens (tertiary/aromatic N) is 1. The third-order valence-electron chi connectivity index (χ3n) is 4.05. The number of rotatable bonds is 1. The van der Waals surface area contributed by atoms with Gasteiger partial charge in [-0.2, -0.15) is 0 Å². The molecule has 1 saturated heterocycles. The maximum absolute atomic E-state index is 12.6. The van der Waals surface area contributed by atoms with E-state index in [0.29, 0.717) is 6.04 Å². The number of fused-ring (bicyclic) bond motifs is 1. The van der Waals surface area contributed by atoms with Gasteiger partial charge in [0.2, 0.25) is 5.91 Å². The monoisotopic (exact) mass is 244 g/mol. The lowest BCUT2D eigenvalue weighted by molar-refractivity contribution is -0.121. The summed E-state index contributed by atoms with van der Waals surface area (Å²) in [6.07, 6.45) is 4.31. The summed E-state index contributed by atoms with van der Waals surface area (Å²) in [5.41, 5.74) is 2.41. The Morgan fingerprint density at radius 3 is 2.94 bits per heavy atom. The molecule has 2 atom stereocenters. The van der Waals surface area contributed by atoms with Crippen LogP contribution in [0.1, 0.15) is 31.7 Å². The number of hydrogen-bond donors (Lipinski definition) is 1. The number of carbonyl (C=O) groups is 1. The Kier molecular flexibility index (Phi) is 3.08. The third-order valence-corrected chi connectivity index (χ3v) is 4.05. The molecule has 0 aromatic heterocycles. The summed E-state index contributed by atoms with van der Waals surface area (Å²) in [7, 11) is 0. The van der Waals surface area contributed by atoms with Crippen molar-refractivity contribution in [2.75, 3.05) is 11.4 Å². The highest BCUT2D eigenvalue weighted by molar-refractivity contribution is 5.99. The average molecular weight is 244 g/mol. The molecule has 3 nitrogen and oxygen atoms in total. The summed E-state index contributed by atoms with van der Waals surface area (Å²) in [6.45, 7) is 3.11. The van der Waals surface area contributed by atoms with Crippen molar-refractivity contribution in [1.82, 2.24) is 5.32 Å². The van der Waals surface area contributed by atoms with Gasteiger partial charge in [0.15, 0.2) is 0 Å². The van der Waals surface area contributed by atoms with Gasteiger partial charge in [0.05, 0.1) is 6.04 Å². The van der Waals surface area contributed by atoms with Gasteiger partial charge < -0.3 is 10.2 Å². The standard InChI is InChI=1S/C15H20N2O/c1-11-10-12-6-2-3-8-14(12)17(11)15(18)13-7-4-5-9-16-13/h2-3,6,8,11,13,16H,4-5,7,9-10H2,1H3/t11?,13-/m1/s1. The van der Waals surface area contributed by atoms with E-state index in [1.807, 2.05) is 11.0 Å². The molecule has 0 aliphatic carbocycles. The maximum atomic E-state index is 12.6. The van der Waals surface area contributed by atoms with Crippen LogP contribution in [0.15, 0.2) is 24.3 Å². The van der Waals surface area contributed by atoms with Crippen LogP contribution < -0.4 is 10.2 Å². The molecule has 1 amide bonds. The zero-order chi connectivity index (χ0) is 12.5. The van der Waals surface area contributed by atoms with E-state index in [4.69, 9.17) is 0 Å². The third kappa shape index (κ3) is 1.93. The summed E-state index contributed by atoms with van der Waals surface area (Å²) < 4.78 is 0. The summed E-state index contributed by atoms with van der Waals surface area (Å²) in [4.78, 5) is 14.6. The smallest absolute Gasteiger partial charge is 0.244 e. The SMILES string of the molecule is CC1Cc2ccccc2N1C(=O)[C@H]1CCCCN1. The molecule has 1 unspecified atom stereocenters. The number of para-hydroxylation sites is 1. The summed E-state index contributed by atoms with van der Waals surface area (Å²) in [6, 6.07) is 8.59. The number of nitrogens with one attached hydrogen (secondary N) is 1. The molecule has 0 radical (unpaired) electrons. The molecular weight excluding hydrogens is 224 g/mol. The van der Waals surface area contributed by atoms with Crippen LogP contribution in [0.4, 0.5) is 5.69 Å². The Morgan fingerprint density at radius 2 is 2.17 bits per heavy atom. The van der Waals surface area contributed by atoms with E-state index in [-0.39, 0.29) is 11.9 Å². The fourth-order valence-electron chi connectivity index (χ4n) is 3.13. The Morgan fingerprint density at radius 1 is 1.33 bits per heavy atom. The van der Waals surface area contributed by atoms with Gasteiger partial charge in [-0.3, -0.25) is 4.79 Å². The highest BCUT2D eigenvalue weighted by atomic mass is 16.2. The van der Waals surface area contributed by atoms with Crippen LogP contribution in [0, 0.1) is 0 Å². The first kappa shape index (κ1) is 11.7. The van der Waals surface area contributed by atoms with Crippen LogP contribution in [0.5, 0.6) is 0 Å². The van der Waals surface area contributed by atoms with Crippen LogP contribution in [0.25, 0.3) is 0 Å². The molecule has 96 valence electrons. The Bertz CT molecular complexity index is 452. The molecule has 1 aromatic carbocycles. The molecule has 3 heteroatoms. The van der Waals surface area contributed by atoms with Crippen molar-refractivity contribution in [3.63, 3.8) is 0 Å². The number of benzene rings is 1. The topological polar surface area (TPSA) is 32.3 Å². The Hall–Kier alpha value is -1.35. The minimum absolute atomic E-state index is 0.0207. The minimum Gasteiger partial charge on any atom is -0.308 e. The second-order valence-electron chi connectivity index (χ2n) is 5.39. The van der Waals surface area contributed by atoms with Crippen molar-refractivity contribution >= 4 is 11.6 Å². The van der Waals surface area contributed by atoms with E-state index in [9.17, 15) is 4.79 Å². The normalized spacial score (nSPS) is 27.1. The lowest BCUT2D eigenvalue weighted by Gasteiger charge is -2.30. The van der Waals surface area contributed by atoms with Crippen LogP contribution in [-0.4, -0.2) is 24.5 Å². The number of carbonyl (C=O) groups excluding carboxylic acids is 1. The first-order chi connectivity index (χ1) is 8.77. The molecule has 18 heavy (non-hydrogen) atoms. The molecule has 0 spiro atoms. The van der Waals surface area contributed by atoms with Crippen molar-refractivity contribution in [3.8, 4) is 0 Å². The molecule has 1 aromatic rings. The van der Waals surface area contributed by atoms with E-state index in [2.05, 4.69) is 30.4 Å². The van der Waals surface area contributed by atoms with Gasteiger partial charge in [-0.15, -0.1) is 0 Å². The second kappa shape index (κ2) is 4.73. The number of piperidine rings is 1. The highest BCUT2D eigenvalue weighted by Gasteiger charge is 2.34. The van der Waals surface area contributed by atoms with Crippen LogP contribution in [0.2, 0.25) is 0 Å². The number of hydrogen-bond acceptors (Lipinski definition) is 2. The van der Waals surface area contributed by atoms with E-state index in [1.54, 1.807) is 0 Å². The fourth-order valence-corrected chi connectivity index (χ4v) is 3.13.